The lowest BCUT2D eigenvalue weighted by molar-refractivity contribution is 0.0655. The molecule has 0 saturated heterocycles. The Morgan fingerprint density at radius 2 is 1.79 bits per heavy atom. The molecule has 2 aromatic carbocycles. The third-order valence-corrected chi connectivity index (χ3v) is 4.74. The molecule has 4 aromatic rings. The second-order valence-electron chi connectivity index (χ2n) is 6.68. The van der Waals surface area contributed by atoms with Gasteiger partial charge in [0.05, 0.1) is 0 Å². The summed E-state index contributed by atoms with van der Waals surface area (Å²) in [7, 11) is 0. The quantitative estimate of drug-likeness (QED) is 0.471. The van der Waals surface area contributed by atoms with E-state index in [0.29, 0.717) is 22.7 Å². The van der Waals surface area contributed by atoms with Gasteiger partial charge in [-0.2, -0.15) is 0 Å². The molecule has 0 saturated carbocycles. The van der Waals surface area contributed by atoms with Crippen molar-refractivity contribution < 1.29 is 23.5 Å². The van der Waals surface area contributed by atoms with E-state index in [9.17, 15) is 9.59 Å². The van der Waals surface area contributed by atoms with Crippen LogP contribution in [0.15, 0.2) is 74.3 Å². The molecule has 0 bridgehead atoms. The smallest absolute Gasteiger partial charge is 0.371 e. The zero-order chi connectivity index (χ0) is 20.5. The molecule has 6 heteroatoms. The standard InChI is InChI=1S/C23H18O6/c1-13-18(27-14(2)19-10-11-20(28-19)23(25)26)9-8-16-17(12-21(24)29-22(13)16)15-6-4-3-5-7-15/h3-12,14H,1-2H3,(H,25,26). The lowest BCUT2D eigenvalue weighted by Gasteiger charge is -2.16. The van der Waals surface area contributed by atoms with E-state index in [4.69, 9.17) is 18.7 Å². The molecule has 1 unspecified atom stereocenters. The minimum Gasteiger partial charge on any atom is -0.482 e. The predicted molar refractivity (Wildman–Crippen MR) is 107 cm³/mol. The fraction of sp³-hybridized carbons (Fsp3) is 0.130. The molecule has 1 atom stereocenters. The van der Waals surface area contributed by atoms with Crippen molar-refractivity contribution in [1.82, 2.24) is 0 Å². The van der Waals surface area contributed by atoms with Crippen LogP contribution in [0, 0.1) is 6.92 Å². The second-order valence-corrected chi connectivity index (χ2v) is 6.68. The first-order valence-corrected chi connectivity index (χ1v) is 9.06. The average Bonchev–Trinajstić information content (AvgIpc) is 3.21. The summed E-state index contributed by atoms with van der Waals surface area (Å²) in [5.74, 6) is -0.377. The minimum atomic E-state index is -1.14. The number of hydrogen-bond donors (Lipinski definition) is 1. The van der Waals surface area contributed by atoms with Crippen molar-refractivity contribution in [3.8, 4) is 16.9 Å². The van der Waals surface area contributed by atoms with Crippen molar-refractivity contribution in [2.24, 2.45) is 0 Å². The molecule has 0 spiro atoms. The molecule has 0 aliphatic carbocycles. The third-order valence-electron chi connectivity index (χ3n) is 4.74. The third kappa shape index (κ3) is 3.52. The van der Waals surface area contributed by atoms with Gasteiger partial charge in [0.2, 0.25) is 5.76 Å². The Morgan fingerprint density at radius 3 is 2.48 bits per heavy atom. The van der Waals surface area contributed by atoms with Crippen molar-refractivity contribution in [3.63, 3.8) is 0 Å². The Morgan fingerprint density at radius 1 is 1.03 bits per heavy atom. The molecule has 2 aromatic heterocycles. The number of hydrogen-bond acceptors (Lipinski definition) is 5. The molecular formula is C23H18O6. The molecule has 0 amide bonds. The largest absolute Gasteiger partial charge is 0.482 e. The molecule has 0 aliphatic rings. The molecule has 2 heterocycles. The number of fused-ring (bicyclic) bond motifs is 1. The van der Waals surface area contributed by atoms with Crippen molar-refractivity contribution in [2.75, 3.05) is 0 Å². The van der Waals surface area contributed by atoms with Gasteiger partial charge in [-0.3, -0.25) is 0 Å². The topological polar surface area (TPSA) is 89.9 Å². The Hall–Kier alpha value is -3.80. The van der Waals surface area contributed by atoms with E-state index in [1.54, 1.807) is 13.0 Å². The van der Waals surface area contributed by atoms with Crippen molar-refractivity contribution in [2.45, 2.75) is 20.0 Å². The zero-order valence-corrected chi connectivity index (χ0v) is 15.8. The van der Waals surface area contributed by atoms with E-state index in [0.717, 1.165) is 16.5 Å². The van der Waals surface area contributed by atoms with Crippen LogP contribution < -0.4 is 10.4 Å². The van der Waals surface area contributed by atoms with Crippen LogP contribution in [0.25, 0.3) is 22.1 Å². The summed E-state index contributed by atoms with van der Waals surface area (Å²) in [5.41, 5.74) is 2.39. The van der Waals surface area contributed by atoms with Crippen LogP contribution in [0.5, 0.6) is 5.75 Å². The van der Waals surface area contributed by atoms with Crippen LogP contribution >= 0.6 is 0 Å². The lowest BCUT2D eigenvalue weighted by atomic mass is 10.00. The summed E-state index contributed by atoms with van der Waals surface area (Å²) >= 11 is 0. The summed E-state index contributed by atoms with van der Waals surface area (Å²) in [4.78, 5) is 23.2. The lowest BCUT2D eigenvalue weighted by Crippen LogP contribution is -2.05. The molecule has 0 fully saturated rings. The van der Waals surface area contributed by atoms with Crippen molar-refractivity contribution >= 4 is 16.9 Å². The maximum absolute atomic E-state index is 12.2. The van der Waals surface area contributed by atoms with Gasteiger partial charge in [-0.15, -0.1) is 0 Å². The first kappa shape index (κ1) is 18.6. The van der Waals surface area contributed by atoms with E-state index in [1.807, 2.05) is 49.4 Å². The van der Waals surface area contributed by atoms with E-state index < -0.39 is 17.7 Å². The fourth-order valence-corrected chi connectivity index (χ4v) is 3.26. The number of ether oxygens (including phenoxy) is 1. The Kier molecular flexibility index (Phi) is 4.68. The van der Waals surface area contributed by atoms with Gasteiger partial charge in [0.1, 0.15) is 17.1 Å². The number of aromatic carboxylic acids is 1. The Labute approximate surface area is 166 Å². The van der Waals surface area contributed by atoms with Gasteiger partial charge in [-0.1, -0.05) is 30.3 Å². The van der Waals surface area contributed by atoms with Gasteiger partial charge in [0, 0.05) is 17.0 Å². The van der Waals surface area contributed by atoms with Crippen molar-refractivity contribution in [1.29, 1.82) is 0 Å². The summed E-state index contributed by atoms with van der Waals surface area (Å²) < 4.78 is 16.8. The summed E-state index contributed by atoms with van der Waals surface area (Å²) in [6.45, 7) is 3.57. The van der Waals surface area contributed by atoms with E-state index >= 15 is 0 Å². The molecule has 0 radical (unpaired) electrons. The van der Waals surface area contributed by atoms with Gasteiger partial charge in [-0.25, -0.2) is 9.59 Å². The number of benzene rings is 2. The predicted octanol–water partition coefficient (Wildman–Crippen LogP) is 5.20. The highest BCUT2D eigenvalue weighted by Crippen LogP contribution is 2.35. The average molecular weight is 390 g/mol. The molecule has 1 N–H and O–H groups in total. The highest BCUT2D eigenvalue weighted by Gasteiger charge is 2.18. The van der Waals surface area contributed by atoms with E-state index in [1.165, 1.54) is 12.1 Å². The van der Waals surface area contributed by atoms with E-state index in [-0.39, 0.29) is 5.76 Å². The molecule has 29 heavy (non-hydrogen) atoms. The minimum absolute atomic E-state index is 0.149. The molecule has 0 aliphatic heterocycles. The number of carbonyl (C=O) groups is 1. The number of carboxylic acids is 1. The zero-order valence-electron chi connectivity index (χ0n) is 15.8. The Bertz CT molecular complexity index is 1250. The normalized spacial score (nSPS) is 12.1. The fourth-order valence-electron chi connectivity index (χ4n) is 3.26. The van der Waals surface area contributed by atoms with Crippen LogP contribution in [0.4, 0.5) is 0 Å². The SMILES string of the molecule is Cc1c(OC(C)c2ccc(C(=O)O)o2)ccc2c(-c3ccccc3)cc(=O)oc12. The maximum Gasteiger partial charge on any atom is 0.371 e. The highest BCUT2D eigenvalue weighted by molar-refractivity contribution is 5.95. The summed E-state index contributed by atoms with van der Waals surface area (Å²) in [6, 6.07) is 17.7. The van der Waals surface area contributed by atoms with Crippen LogP contribution in [0.1, 0.15) is 34.9 Å². The van der Waals surface area contributed by atoms with Gasteiger partial charge in [0.25, 0.3) is 0 Å². The monoisotopic (exact) mass is 390 g/mol. The first-order chi connectivity index (χ1) is 13.9. The molecule has 4 rings (SSSR count). The van der Waals surface area contributed by atoms with Crippen LogP contribution in [-0.4, -0.2) is 11.1 Å². The van der Waals surface area contributed by atoms with Crippen molar-refractivity contribution in [3.05, 3.63) is 88.2 Å². The highest BCUT2D eigenvalue weighted by atomic mass is 16.5. The maximum atomic E-state index is 12.2. The first-order valence-electron chi connectivity index (χ1n) is 9.06. The Balaban J connectivity index is 1.74. The van der Waals surface area contributed by atoms with E-state index in [2.05, 4.69) is 0 Å². The summed E-state index contributed by atoms with van der Waals surface area (Å²) in [5, 5.41) is 9.81. The van der Waals surface area contributed by atoms with Crippen LogP contribution in [0.3, 0.4) is 0 Å². The molecule has 146 valence electrons. The van der Waals surface area contributed by atoms with Crippen LogP contribution in [-0.2, 0) is 0 Å². The second kappa shape index (κ2) is 7.31. The molecule has 6 nitrogen and oxygen atoms in total. The number of aryl methyl sites for hydroxylation is 1. The summed E-state index contributed by atoms with van der Waals surface area (Å²) in [6.07, 6.45) is -0.525. The van der Waals surface area contributed by atoms with Gasteiger partial charge in [-0.05, 0) is 49.2 Å². The number of carboxylic acid groups (broad SMARTS) is 1. The number of furan rings is 1. The van der Waals surface area contributed by atoms with Crippen LogP contribution in [0.2, 0.25) is 0 Å². The van der Waals surface area contributed by atoms with Gasteiger partial charge < -0.3 is 18.7 Å². The molecular weight excluding hydrogens is 372 g/mol. The van der Waals surface area contributed by atoms with Gasteiger partial charge in [0.15, 0.2) is 6.10 Å². The van der Waals surface area contributed by atoms with Gasteiger partial charge >= 0.3 is 11.6 Å². The number of rotatable bonds is 5.